The van der Waals surface area contributed by atoms with E-state index < -0.39 is 23.1 Å². The fourth-order valence-electron chi connectivity index (χ4n) is 1.69. The molecule has 0 aliphatic rings. The molecule has 1 aromatic rings. The van der Waals surface area contributed by atoms with Gasteiger partial charge in [0.2, 0.25) is 0 Å². The van der Waals surface area contributed by atoms with Gasteiger partial charge in [-0.3, -0.25) is 0 Å². The number of alkyl halides is 3. The quantitative estimate of drug-likeness (QED) is 0.913. The summed E-state index contributed by atoms with van der Waals surface area (Å²) in [5.41, 5.74) is -2.62. The molecular formula is C13H12F3NO2. The van der Waals surface area contributed by atoms with Crippen LogP contribution in [-0.2, 0) is 11.6 Å². The van der Waals surface area contributed by atoms with Crippen LogP contribution in [0.25, 0.3) is 0 Å². The minimum atomic E-state index is -4.57. The van der Waals surface area contributed by atoms with Gasteiger partial charge in [0.1, 0.15) is 0 Å². The van der Waals surface area contributed by atoms with Gasteiger partial charge in [-0.05, 0) is 37.1 Å². The van der Waals surface area contributed by atoms with Crippen LogP contribution in [0.2, 0.25) is 0 Å². The van der Waals surface area contributed by atoms with E-state index >= 15 is 0 Å². The molecule has 0 fully saturated rings. The molecule has 0 bridgehead atoms. The van der Waals surface area contributed by atoms with Crippen LogP contribution >= 0.6 is 0 Å². The van der Waals surface area contributed by atoms with E-state index in [-0.39, 0.29) is 17.5 Å². The highest BCUT2D eigenvalue weighted by Gasteiger charge is 2.35. The Kier molecular flexibility index (Phi) is 3.89. The summed E-state index contributed by atoms with van der Waals surface area (Å²) in [6, 6.07) is 4.24. The number of nitriles is 1. The van der Waals surface area contributed by atoms with Crippen molar-refractivity contribution < 1.29 is 23.1 Å². The average Bonchev–Trinajstić information content (AvgIpc) is 2.36. The molecule has 19 heavy (non-hydrogen) atoms. The minimum absolute atomic E-state index is 0.111. The third-order valence-corrected chi connectivity index (χ3v) is 3.13. The predicted molar refractivity (Wildman–Crippen MR) is 61.7 cm³/mol. The molecule has 0 aromatic heterocycles. The highest BCUT2D eigenvalue weighted by Crippen LogP contribution is 2.36. The summed E-state index contributed by atoms with van der Waals surface area (Å²) < 4.78 is 38.0. The first-order chi connectivity index (χ1) is 8.65. The van der Waals surface area contributed by atoms with Crippen molar-refractivity contribution in [1.29, 1.82) is 5.26 Å². The Bertz CT molecular complexity index is 546. The molecule has 102 valence electrons. The molecule has 6 heteroatoms. The number of hydrogen-bond donors (Lipinski definition) is 1. The number of halogens is 3. The molecule has 0 aliphatic carbocycles. The zero-order valence-electron chi connectivity index (χ0n) is 10.4. The van der Waals surface area contributed by atoms with Crippen LogP contribution in [-0.4, -0.2) is 11.1 Å². The highest BCUT2D eigenvalue weighted by molar-refractivity contribution is 5.90. The Hall–Kier alpha value is -2.03. The first-order valence-electron chi connectivity index (χ1n) is 5.52. The number of hydrogen-bond acceptors (Lipinski definition) is 2. The van der Waals surface area contributed by atoms with Crippen LogP contribution in [0, 0.1) is 11.3 Å². The Morgan fingerprint density at radius 2 is 2.00 bits per heavy atom. The first-order valence-corrected chi connectivity index (χ1v) is 5.52. The zero-order chi connectivity index (χ0) is 14.8. The Morgan fingerprint density at radius 1 is 1.42 bits per heavy atom. The lowest BCUT2D eigenvalue weighted by atomic mass is 9.78. The van der Waals surface area contributed by atoms with Crippen molar-refractivity contribution in [3.05, 3.63) is 34.9 Å². The fourth-order valence-corrected chi connectivity index (χ4v) is 1.69. The maximum Gasteiger partial charge on any atom is 0.416 e. The maximum atomic E-state index is 12.7. The fraction of sp³-hybridized carbons (Fsp3) is 0.385. The minimum Gasteiger partial charge on any atom is -0.478 e. The number of benzene rings is 1. The number of aromatic carboxylic acids is 1. The lowest BCUT2D eigenvalue weighted by molar-refractivity contribution is -0.137. The van der Waals surface area contributed by atoms with E-state index in [1.54, 1.807) is 6.92 Å². The third-order valence-electron chi connectivity index (χ3n) is 3.13. The number of nitrogens with zero attached hydrogens (tertiary/aromatic N) is 1. The molecule has 0 heterocycles. The standard InChI is InChI=1S/C13H12F3NO2/c1-3-12(2,7-17)10-6-8(13(14,15)16)4-5-9(10)11(18)19/h4-6H,3H2,1-2H3,(H,18,19). The molecule has 0 saturated heterocycles. The van der Waals surface area contributed by atoms with Gasteiger partial charge in [-0.15, -0.1) is 0 Å². The van der Waals surface area contributed by atoms with E-state index in [1.165, 1.54) is 6.92 Å². The molecule has 1 N–H and O–H groups in total. The van der Waals surface area contributed by atoms with Crippen molar-refractivity contribution >= 4 is 5.97 Å². The van der Waals surface area contributed by atoms with E-state index in [4.69, 9.17) is 10.4 Å². The summed E-state index contributed by atoms with van der Waals surface area (Å²) in [6.45, 7) is 3.05. The molecule has 1 atom stereocenters. The second-order valence-electron chi connectivity index (χ2n) is 4.36. The summed E-state index contributed by atoms with van der Waals surface area (Å²) in [5, 5.41) is 18.1. The normalized spacial score (nSPS) is 14.5. The lowest BCUT2D eigenvalue weighted by Crippen LogP contribution is -2.23. The van der Waals surface area contributed by atoms with E-state index in [9.17, 15) is 18.0 Å². The van der Waals surface area contributed by atoms with Crippen molar-refractivity contribution in [2.24, 2.45) is 0 Å². The van der Waals surface area contributed by atoms with Crippen molar-refractivity contribution in [2.45, 2.75) is 31.9 Å². The Morgan fingerprint density at radius 3 is 2.37 bits per heavy atom. The van der Waals surface area contributed by atoms with Crippen molar-refractivity contribution in [3.8, 4) is 6.07 Å². The monoisotopic (exact) mass is 271 g/mol. The van der Waals surface area contributed by atoms with Gasteiger partial charge in [-0.2, -0.15) is 18.4 Å². The topological polar surface area (TPSA) is 61.1 Å². The second kappa shape index (κ2) is 4.92. The third kappa shape index (κ3) is 2.87. The Balaban J connectivity index is 3.58. The molecule has 0 amide bonds. The van der Waals surface area contributed by atoms with Gasteiger partial charge in [0.05, 0.1) is 22.6 Å². The van der Waals surface area contributed by atoms with Crippen molar-refractivity contribution in [1.82, 2.24) is 0 Å². The summed E-state index contributed by atoms with van der Waals surface area (Å²) in [4.78, 5) is 11.1. The van der Waals surface area contributed by atoms with Crippen LogP contribution in [0.1, 0.15) is 41.8 Å². The zero-order valence-corrected chi connectivity index (χ0v) is 10.4. The van der Waals surface area contributed by atoms with E-state index in [0.29, 0.717) is 6.07 Å². The highest BCUT2D eigenvalue weighted by atomic mass is 19.4. The van der Waals surface area contributed by atoms with Crippen molar-refractivity contribution in [2.75, 3.05) is 0 Å². The van der Waals surface area contributed by atoms with Gasteiger partial charge in [0.25, 0.3) is 0 Å². The molecule has 1 unspecified atom stereocenters. The van der Waals surface area contributed by atoms with Crippen LogP contribution < -0.4 is 0 Å². The number of rotatable bonds is 3. The molecule has 0 spiro atoms. The molecule has 0 saturated carbocycles. The smallest absolute Gasteiger partial charge is 0.416 e. The van der Waals surface area contributed by atoms with Gasteiger partial charge >= 0.3 is 12.1 Å². The summed E-state index contributed by atoms with van der Waals surface area (Å²) in [6.07, 6.45) is -4.36. The largest absolute Gasteiger partial charge is 0.478 e. The summed E-state index contributed by atoms with van der Waals surface area (Å²) >= 11 is 0. The lowest BCUT2D eigenvalue weighted by Gasteiger charge is -2.23. The SMILES string of the molecule is CCC(C)(C#N)c1cc(C(F)(F)F)ccc1C(=O)O. The van der Waals surface area contributed by atoms with E-state index in [2.05, 4.69) is 0 Å². The molecule has 1 rings (SSSR count). The number of carboxylic acids is 1. The number of carboxylic acid groups (broad SMARTS) is 1. The van der Waals surface area contributed by atoms with Gasteiger partial charge in [0, 0.05) is 0 Å². The van der Waals surface area contributed by atoms with Gasteiger partial charge in [-0.25, -0.2) is 4.79 Å². The second-order valence-corrected chi connectivity index (χ2v) is 4.36. The van der Waals surface area contributed by atoms with Crippen LogP contribution in [0.15, 0.2) is 18.2 Å². The van der Waals surface area contributed by atoms with Crippen LogP contribution in [0.4, 0.5) is 13.2 Å². The molecule has 3 nitrogen and oxygen atoms in total. The Labute approximate surface area is 108 Å². The van der Waals surface area contributed by atoms with Gasteiger partial charge in [0.15, 0.2) is 0 Å². The maximum absolute atomic E-state index is 12.7. The van der Waals surface area contributed by atoms with E-state index in [1.807, 2.05) is 6.07 Å². The summed E-state index contributed by atoms with van der Waals surface area (Å²) in [7, 11) is 0. The van der Waals surface area contributed by atoms with Gasteiger partial charge in [-0.1, -0.05) is 6.92 Å². The van der Waals surface area contributed by atoms with Crippen LogP contribution in [0.5, 0.6) is 0 Å². The number of carbonyl (C=O) groups is 1. The molecular weight excluding hydrogens is 259 g/mol. The average molecular weight is 271 g/mol. The molecule has 1 aromatic carbocycles. The van der Waals surface area contributed by atoms with Crippen LogP contribution in [0.3, 0.4) is 0 Å². The van der Waals surface area contributed by atoms with E-state index in [0.717, 1.165) is 12.1 Å². The first kappa shape index (κ1) is 15.0. The van der Waals surface area contributed by atoms with Gasteiger partial charge < -0.3 is 5.11 Å². The predicted octanol–water partition coefficient (Wildman–Crippen LogP) is 3.59. The molecule has 0 aliphatic heterocycles. The summed E-state index contributed by atoms with van der Waals surface area (Å²) in [5.74, 6) is -1.35. The molecule has 0 radical (unpaired) electrons. The van der Waals surface area contributed by atoms with Crippen molar-refractivity contribution in [3.63, 3.8) is 0 Å².